The van der Waals surface area contributed by atoms with Gasteiger partial charge < -0.3 is 14.8 Å². The Balaban J connectivity index is 1.80. The first-order valence-electron chi connectivity index (χ1n) is 6.84. The minimum Gasteiger partial charge on any atom is -0.493 e. The van der Waals surface area contributed by atoms with Gasteiger partial charge in [0.15, 0.2) is 11.5 Å². The molecule has 0 bridgehead atoms. The molecule has 0 spiro atoms. The molecule has 104 valence electrons. The van der Waals surface area contributed by atoms with Crippen LogP contribution in [0.1, 0.15) is 25.7 Å². The number of methoxy groups -OCH3 is 1. The van der Waals surface area contributed by atoms with Crippen molar-refractivity contribution in [1.29, 1.82) is 0 Å². The van der Waals surface area contributed by atoms with Gasteiger partial charge in [-0.05, 0) is 50.4 Å². The van der Waals surface area contributed by atoms with Crippen LogP contribution >= 0.6 is 0 Å². The summed E-state index contributed by atoms with van der Waals surface area (Å²) < 4.78 is 10.5. The van der Waals surface area contributed by atoms with Crippen molar-refractivity contribution in [2.24, 2.45) is 5.92 Å². The summed E-state index contributed by atoms with van der Waals surface area (Å²) in [6, 6.07) is 7.22. The molecule has 0 radical (unpaired) electrons. The second-order valence-electron chi connectivity index (χ2n) is 4.86. The number of hydrogen-bond donors (Lipinski definition) is 1. The van der Waals surface area contributed by atoms with Gasteiger partial charge in [-0.1, -0.05) is 12.1 Å². The molecule has 1 fully saturated rings. The Labute approximate surface area is 114 Å². The fourth-order valence-electron chi connectivity index (χ4n) is 2.37. The van der Waals surface area contributed by atoms with Crippen LogP contribution in [-0.4, -0.2) is 26.2 Å². The van der Waals surface area contributed by atoms with Gasteiger partial charge in [-0.15, -0.1) is 0 Å². The zero-order chi connectivity index (χ0) is 13.5. The molecule has 1 N–H and O–H groups in total. The quantitative estimate of drug-likeness (QED) is 0.654. The molecule has 0 unspecified atom stereocenters. The number of nitrogens with one attached hydrogen (secondary N) is 1. The van der Waals surface area contributed by atoms with E-state index < -0.39 is 0 Å². The van der Waals surface area contributed by atoms with Crippen LogP contribution in [0.5, 0.6) is 11.5 Å². The third kappa shape index (κ3) is 4.24. The number of hydrogen-bond acceptors (Lipinski definition) is 4. The number of piperidine rings is 1. The summed E-state index contributed by atoms with van der Waals surface area (Å²) in [5.74, 6) is 1.56. The van der Waals surface area contributed by atoms with E-state index in [2.05, 4.69) is 5.32 Å². The molecule has 1 heterocycles. The molecule has 19 heavy (non-hydrogen) atoms. The highest BCUT2D eigenvalue weighted by molar-refractivity contribution is 5.73. The third-order valence-corrected chi connectivity index (χ3v) is 3.51. The number of rotatable bonds is 5. The van der Waals surface area contributed by atoms with Crippen LogP contribution in [-0.2, 0) is 4.79 Å². The molecular formula is C15H21NO3. The van der Waals surface area contributed by atoms with Gasteiger partial charge in [0, 0.05) is 6.42 Å². The standard InChI is InChI=1S/C15H21NO3/c1-18-13-4-2-3-5-14(13)19-15(17)7-6-12-8-10-16-11-9-12/h2-5,12,16H,6-11H2,1H3. The van der Waals surface area contributed by atoms with Crippen molar-refractivity contribution in [3.8, 4) is 11.5 Å². The maximum atomic E-state index is 11.8. The third-order valence-electron chi connectivity index (χ3n) is 3.51. The van der Waals surface area contributed by atoms with Crippen molar-refractivity contribution < 1.29 is 14.3 Å². The number of carbonyl (C=O) groups is 1. The topological polar surface area (TPSA) is 47.6 Å². The highest BCUT2D eigenvalue weighted by Crippen LogP contribution is 2.26. The van der Waals surface area contributed by atoms with Crippen LogP contribution in [0.4, 0.5) is 0 Å². The lowest BCUT2D eigenvalue weighted by Gasteiger charge is -2.21. The molecule has 1 aliphatic rings. The van der Waals surface area contributed by atoms with Gasteiger partial charge in [0.25, 0.3) is 0 Å². The first-order chi connectivity index (χ1) is 9.29. The molecule has 4 nitrogen and oxygen atoms in total. The van der Waals surface area contributed by atoms with Crippen LogP contribution in [0.2, 0.25) is 0 Å². The van der Waals surface area contributed by atoms with E-state index >= 15 is 0 Å². The normalized spacial score (nSPS) is 16.1. The molecule has 4 heteroatoms. The maximum absolute atomic E-state index is 11.8. The molecule has 0 atom stereocenters. The minimum absolute atomic E-state index is 0.178. The maximum Gasteiger partial charge on any atom is 0.311 e. The summed E-state index contributed by atoms with van der Waals surface area (Å²) in [7, 11) is 1.57. The summed E-state index contributed by atoms with van der Waals surface area (Å²) in [5, 5.41) is 3.32. The molecule has 1 aliphatic heterocycles. The van der Waals surface area contributed by atoms with Crippen LogP contribution < -0.4 is 14.8 Å². The van der Waals surface area contributed by atoms with Crippen molar-refractivity contribution in [2.45, 2.75) is 25.7 Å². The predicted molar refractivity (Wildman–Crippen MR) is 73.5 cm³/mol. The van der Waals surface area contributed by atoms with E-state index in [1.54, 1.807) is 19.2 Å². The Morgan fingerprint density at radius 1 is 1.26 bits per heavy atom. The second kappa shape index (κ2) is 7.14. The highest BCUT2D eigenvalue weighted by Gasteiger charge is 2.16. The largest absolute Gasteiger partial charge is 0.493 e. The summed E-state index contributed by atoms with van der Waals surface area (Å²) in [6.45, 7) is 2.12. The van der Waals surface area contributed by atoms with E-state index in [4.69, 9.17) is 9.47 Å². The molecule has 2 rings (SSSR count). The monoisotopic (exact) mass is 263 g/mol. The van der Waals surface area contributed by atoms with Crippen LogP contribution in [0.3, 0.4) is 0 Å². The molecule has 0 aliphatic carbocycles. The summed E-state index contributed by atoms with van der Waals surface area (Å²) >= 11 is 0. The summed E-state index contributed by atoms with van der Waals surface area (Å²) in [6.07, 6.45) is 3.70. The van der Waals surface area contributed by atoms with Crippen LogP contribution in [0.15, 0.2) is 24.3 Å². The average Bonchev–Trinajstić information content (AvgIpc) is 2.47. The Bertz CT molecular complexity index is 414. The molecule has 1 aromatic rings. The summed E-state index contributed by atoms with van der Waals surface area (Å²) in [5.41, 5.74) is 0. The number of benzene rings is 1. The Hall–Kier alpha value is -1.55. The SMILES string of the molecule is COc1ccccc1OC(=O)CCC1CCNCC1. The second-order valence-corrected chi connectivity index (χ2v) is 4.86. The number of esters is 1. The molecule has 0 saturated carbocycles. The lowest BCUT2D eigenvalue weighted by molar-refractivity contribution is -0.134. The lowest BCUT2D eigenvalue weighted by atomic mass is 9.93. The van der Waals surface area contributed by atoms with Gasteiger partial charge in [-0.25, -0.2) is 0 Å². The van der Waals surface area contributed by atoms with Gasteiger partial charge in [-0.3, -0.25) is 4.79 Å². The number of para-hydroxylation sites is 2. The highest BCUT2D eigenvalue weighted by atomic mass is 16.6. The van der Waals surface area contributed by atoms with Crippen LogP contribution in [0.25, 0.3) is 0 Å². The number of ether oxygens (including phenoxy) is 2. The first kappa shape index (κ1) is 13.9. The van der Waals surface area contributed by atoms with Gasteiger partial charge in [0.1, 0.15) is 0 Å². The number of carbonyl (C=O) groups excluding carboxylic acids is 1. The van der Waals surface area contributed by atoms with E-state index in [-0.39, 0.29) is 5.97 Å². The van der Waals surface area contributed by atoms with Crippen LogP contribution in [0, 0.1) is 5.92 Å². The Kier molecular flexibility index (Phi) is 5.21. The Morgan fingerprint density at radius 3 is 2.63 bits per heavy atom. The fourth-order valence-corrected chi connectivity index (χ4v) is 2.37. The molecule has 1 saturated heterocycles. The average molecular weight is 263 g/mol. The fraction of sp³-hybridized carbons (Fsp3) is 0.533. The van der Waals surface area contributed by atoms with Gasteiger partial charge in [0.05, 0.1) is 7.11 Å². The molecule has 0 amide bonds. The van der Waals surface area contributed by atoms with Crippen molar-refractivity contribution in [1.82, 2.24) is 5.32 Å². The molecule has 1 aromatic carbocycles. The molecular weight excluding hydrogens is 242 g/mol. The lowest BCUT2D eigenvalue weighted by Crippen LogP contribution is -2.28. The minimum atomic E-state index is -0.178. The van der Waals surface area contributed by atoms with E-state index in [9.17, 15) is 4.79 Å². The van der Waals surface area contributed by atoms with Gasteiger partial charge in [0.2, 0.25) is 0 Å². The Morgan fingerprint density at radius 2 is 1.95 bits per heavy atom. The van der Waals surface area contributed by atoms with E-state index in [1.807, 2.05) is 12.1 Å². The van der Waals surface area contributed by atoms with Gasteiger partial charge >= 0.3 is 5.97 Å². The van der Waals surface area contributed by atoms with E-state index in [0.29, 0.717) is 23.8 Å². The summed E-state index contributed by atoms with van der Waals surface area (Å²) in [4.78, 5) is 11.8. The zero-order valence-electron chi connectivity index (χ0n) is 11.4. The van der Waals surface area contributed by atoms with E-state index in [0.717, 1.165) is 32.4 Å². The smallest absolute Gasteiger partial charge is 0.311 e. The van der Waals surface area contributed by atoms with E-state index in [1.165, 1.54) is 0 Å². The van der Waals surface area contributed by atoms with Crippen molar-refractivity contribution in [3.05, 3.63) is 24.3 Å². The van der Waals surface area contributed by atoms with Crippen molar-refractivity contribution in [2.75, 3.05) is 20.2 Å². The van der Waals surface area contributed by atoms with Gasteiger partial charge in [-0.2, -0.15) is 0 Å². The predicted octanol–water partition coefficient (Wildman–Crippen LogP) is 2.38. The first-order valence-corrected chi connectivity index (χ1v) is 6.84. The molecule has 0 aromatic heterocycles. The zero-order valence-corrected chi connectivity index (χ0v) is 11.4. The van der Waals surface area contributed by atoms with Crippen molar-refractivity contribution >= 4 is 5.97 Å². The van der Waals surface area contributed by atoms with Crippen molar-refractivity contribution in [3.63, 3.8) is 0 Å².